The van der Waals surface area contributed by atoms with E-state index >= 15 is 0 Å². The zero-order chi connectivity index (χ0) is 20.1. The molecule has 2 heterocycles. The zero-order valence-electron chi connectivity index (χ0n) is 17.0. The van der Waals surface area contributed by atoms with Crippen LogP contribution < -0.4 is 10.1 Å². The first kappa shape index (κ1) is 20.4. The van der Waals surface area contributed by atoms with Crippen LogP contribution in [0.15, 0.2) is 24.5 Å². The number of fused-ring (bicyclic) bond motifs is 1. The predicted octanol–water partition coefficient (Wildman–Crippen LogP) is 2.86. The molecule has 2 aliphatic rings. The molecular weight excluding hydrogens is 358 g/mol. The number of hydrogen-bond acceptors (Lipinski definition) is 5. The molecule has 1 aromatic rings. The summed E-state index contributed by atoms with van der Waals surface area (Å²) in [6.45, 7) is 7.94. The third-order valence-electron chi connectivity index (χ3n) is 5.38. The normalized spacial score (nSPS) is 24.0. The van der Waals surface area contributed by atoms with Crippen molar-refractivity contribution in [1.82, 2.24) is 15.2 Å². The van der Waals surface area contributed by atoms with Gasteiger partial charge in [-0.25, -0.2) is 4.79 Å². The molecule has 1 saturated carbocycles. The van der Waals surface area contributed by atoms with Gasteiger partial charge in [0.05, 0.1) is 6.20 Å². The Balaban J connectivity index is 1.31. The Morgan fingerprint density at radius 1 is 1.25 bits per heavy atom. The summed E-state index contributed by atoms with van der Waals surface area (Å²) in [5, 5.41) is 2.93. The molecule has 1 aliphatic carbocycles. The summed E-state index contributed by atoms with van der Waals surface area (Å²) >= 11 is 0. The van der Waals surface area contributed by atoms with Crippen molar-refractivity contribution in [3.05, 3.63) is 24.5 Å². The molecule has 7 heteroatoms. The van der Waals surface area contributed by atoms with Gasteiger partial charge in [-0.15, -0.1) is 0 Å². The highest BCUT2D eigenvalue weighted by molar-refractivity contribution is 5.77. The maximum atomic E-state index is 12.2. The second kappa shape index (κ2) is 8.80. The van der Waals surface area contributed by atoms with E-state index in [-0.39, 0.29) is 18.6 Å². The molecule has 3 rings (SSSR count). The summed E-state index contributed by atoms with van der Waals surface area (Å²) in [5.74, 6) is 2.20. The number of ether oxygens (including phenoxy) is 2. The molecule has 28 heavy (non-hydrogen) atoms. The summed E-state index contributed by atoms with van der Waals surface area (Å²) in [7, 11) is 0. The maximum Gasteiger partial charge on any atom is 0.410 e. The number of carbonyl (C=O) groups excluding carboxylic acids is 2. The lowest BCUT2D eigenvalue weighted by atomic mass is 10.0. The van der Waals surface area contributed by atoms with E-state index in [4.69, 9.17) is 9.47 Å². The zero-order valence-corrected chi connectivity index (χ0v) is 17.0. The van der Waals surface area contributed by atoms with Crippen LogP contribution >= 0.6 is 0 Å². The molecule has 3 atom stereocenters. The predicted molar refractivity (Wildman–Crippen MR) is 105 cm³/mol. The molecule has 0 radical (unpaired) electrons. The van der Waals surface area contributed by atoms with Gasteiger partial charge in [0.1, 0.15) is 11.4 Å². The highest BCUT2D eigenvalue weighted by atomic mass is 16.6. The first-order valence-corrected chi connectivity index (χ1v) is 10.1. The second-order valence-corrected chi connectivity index (χ2v) is 8.86. The standard InChI is InChI=1S/C21H31N3O4/c1-21(2,3)28-20(26)24-12-16-9-15(10-17(16)13-24)6-8-23-19(25)14-27-18-5-4-7-22-11-18/h4-5,7,11,15-17H,6,8-10,12-14H2,1-3H3,(H,23,25)/t15?,16-,17+. The number of hydrogen-bond donors (Lipinski definition) is 1. The monoisotopic (exact) mass is 389 g/mol. The third-order valence-corrected chi connectivity index (χ3v) is 5.38. The lowest BCUT2D eigenvalue weighted by Gasteiger charge is -2.25. The van der Waals surface area contributed by atoms with E-state index < -0.39 is 5.60 Å². The van der Waals surface area contributed by atoms with Gasteiger partial charge in [-0.2, -0.15) is 0 Å². The molecule has 2 fully saturated rings. The van der Waals surface area contributed by atoms with Crippen LogP contribution in [0.2, 0.25) is 0 Å². The molecule has 0 spiro atoms. The lowest BCUT2D eigenvalue weighted by molar-refractivity contribution is -0.123. The fourth-order valence-electron chi connectivity index (χ4n) is 4.18. The molecule has 2 amide bonds. The van der Waals surface area contributed by atoms with Gasteiger partial charge in [0.2, 0.25) is 0 Å². The van der Waals surface area contributed by atoms with Crippen molar-refractivity contribution in [1.29, 1.82) is 0 Å². The van der Waals surface area contributed by atoms with Crippen LogP contribution in [0.1, 0.15) is 40.0 Å². The minimum Gasteiger partial charge on any atom is -0.482 e. The minimum absolute atomic E-state index is 0.00641. The second-order valence-electron chi connectivity index (χ2n) is 8.86. The van der Waals surface area contributed by atoms with Crippen LogP contribution in [0.5, 0.6) is 5.75 Å². The van der Waals surface area contributed by atoms with Gasteiger partial charge in [-0.05, 0) is 69.9 Å². The van der Waals surface area contributed by atoms with Gasteiger partial charge in [0.15, 0.2) is 6.61 Å². The largest absolute Gasteiger partial charge is 0.482 e. The van der Waals surface area contributed by atoms with E-state index in [9.17, 15) is 9.59 Å². The van der Waals surface area contributed by atoms with Crippen molar-refractivity contribution in [3.8, 4) is 5.75 Å². The molecule has 1 N–H and O–H groups in total. The van der Waals surface area contributed by atoms with Crippen molar-refractivity contribution >= 4 is 12.0 Å². The Hall–Kier alpha value is -2.31. The van der Waals surface area contributed by atoms with E-state index in [1.807, 2.05) is 25.7 Å². The Kier molecular flexibility index (Phi) is 6.42. The molecule has 7 nitrogen and oxygen atoms in total. The van der Waals surface area contributed by atoms with Crippen molar-refractivity contribution in [3.63, 3.8) is 0 Å². The number of aromatic nitrogens is 1. The molecule has 0 bridgehead atoms. The van der Waals surface area contributed by atoms with Crippen molar-refractivity contribution < 1.29 is 19.1 Å². The summed E-state index contributed by atoms with van der Waals surface area (Å²) in [5.41, 5.74) is -0.448. The number of amides is 2. The number of rotatable bonds is 6. The average molecular weight is 389 g/mol. The van der Waals surface area contributed by atoms with Crippen LogP contribution in [0.25, 0.3) is 0 Å². The van der Waals surface area contributed by atoms with Crippen LogP contribution in [0, 0.1) is 17.8 Å². The number of carbonyl (C=O) groups is 2. The maximum absolute atomic E-state index is 12.2. The smallest absolute Gasteiger partial charge is 0.410 e. The first-order chi connectivity index (χ1) is 13.3. The van der Waals surface area contributed by atoms with Gasteiger partial charge in [0.25, 0.3) is 5.91 Å². The van der Waals surface area contributed by atoms with Crippen molar-refractivity contribution in [2.75, 3.05) is 26.2 Å². The van der Waals surface area contributed by atoms with E-state index in [2.05, 4.69) is 10.3 Å². The summed E-state index contributed by atoms with van der Waals surface area (Å²) in [6.07, 6.45) is 6.26. The molecule has 1 aliphatic heterocycles. The quantitative estimate of drug-likeness (QED) is 0.809. The van der Waals surface area contributed by atoms with Gasteiger partial charge in [0, 0.05) is 25.8 Å². The first-order valence-electron chi connectivity index (χ1n) is 10.1. The van der Waals surface area contributed by atoms with Gasteiger partial charge in [-0.3, -0.25) is 9.78 Å². The number of pyridine rings is 1. The number of nitrogens with one attached hydrogen (secondary N) is 1. The summed E-state index contributed by atoms with van der Waals surface area (Å²) < 4.78 is 10.9. The highest BCUT2D eigenvalue weighted by Crippen LogP contribution is 2.43. The molecule has 1 unspecified atom stereocenters. The van der Waals surface area contributed by atoms with Crippen LogP contribution in [-0.4, -0.2) is 53.7 Å². The summed E-state index contributed by atoms with van der Waals surface area (Å²) in [6, 6.07) is 3.55. The fourth-order valence-corrected chi connectivity index (χ4v) is 4.18. The Labute approximate surface area is 166 Å². The summed E-state index contributed by atoms with van der Waals surface area (Å²) in [4.78, 5) is 29.9. The van der Waals surface area contributed by atoms with E-state index in [1.54, 1.807) is 24.5 Å². The van der Waals surface area contributed by atoms with Crippen molar-refractivity contribution in [2.24, 2.45) is 17.8 Å². The van der Waals surface area contributed by atoms with Crippen LogP contribution in [0.4, 0.5) is 4.79 Å². The SMILES string of the molecule is CC(C)(C)OC(=O)N1C[C@H]2CC(CCNC(=O)COc3cccnc3)C[C@H]2C1. The molecule has 154 valence electrons. The van der Waals surface area contributed by atoms with Gasteiger partial charge >= 0.3 is 6.09 Å². The van der Waals surface area contributed by atoms with Crippen LogP contribution in [-0.2, 0) is 9.53 Å². The highest BCUT2D eigenvalue weighted by Gasteiger charge is 2.43. The Bertz CT molecular complexity index is 660. The molecule has 0 aromatic carbocycles. The average Bonchev–Trinajstić information content (AvgIpc) is 3.18. The van der Waals surface area contributed by atoms with Gasteiger partial charge < -0.3 is 19.7 Å². The topological polar surface area (TPSA) is 80.8 Å². The Morgan fingerprint density at radius 2 is 1.96 bits per heavy atom. The molecule has 1 aromatic heterocycles. The van der Waals surface area contributed by atoms with Crippen molar-refractivity contribution in [2.45, 2.75) is 45.6 Å². The number of likely N-dealkylation sites (tertiary alicyclic amines) is 1. The molecule has 1 saturated heterocycles. The van der Waals surface area contributed by atoms with Gasteiger partial charge in [-0.1, -0.05) is 0 Å². The lowest BCUT2D eigenvalue weighted by Crippen LogP contribution is -2.36. The van der Waals surface area contributed by atoms with Crippen LogP contribution in [0.3, 0.4) is 0 Å². The van der Waals surface area contributed by atoms with E-state index in [0.29, 0.717) is 30.0 Å². The molecular formula is C21H31N3O4. The Morgan fingerprint density at radius 3 is 2.57 bits per heavy atom. The number of nitrogens with zero attached hydrogens (tertiary/aromatic N) is 2. The van der Waals surface area contributed by atoms with E-state index in [0.717, 1.165) is 32.4 Å². The fraction of sp³-hybridized carbons (Fsp3) is 0.667. The minimum atomic E-state index is -0.448. The van der Waals surface area contributed by atoms with E-state index in [1.165, 1.54) is 0 Å². The third kappa shape index (κ3) is 5.84.